The molecule has 2 fully saturated rings. The molecule has 2 unspecified atom stereocenters. The highest BCUT2D eigenvalue weighted by molar-refractivity contribution is 5.79. The molecule has 0 aliphatic carbocycles. The largest absolute Gasteiger partial charge is 0.493 e. The van der Waals surface area contributed by atoms with E-state index in [9.17, 15) is 4.79 Å². The lowest BCUT2D eigenvalue weighted by Crippen LogP contribution is -2.43. The Morgan fingerprint density at radius 3 is 2.72 bits per heavy atom. The number of para-hydroxylation sites is 1. The van der Waals surface area contributed by atoms with Gasteiger partial charge in [0.05, 0.1) is 19.4 Å². The van der Waals surface area contributed by atoms with Gasteiger partial charge in [0.1, 0.15) is 6.29 Å². The number of benzene rings is 2. The van der Waals surface area contributed by atoms with Crippen LogP contribution >= 0.6 is 0 Å². The molecule has 0 spiro atoms. The van der Waals surface area contributed by atoms with Gasteiger partial charge >= 0.3 is 0 Å². The Morgan fingerprint density at radius 1 is 1.12 bits per heavy atom. The molecule has 5 rings (SSSR count). The Kier molecular flexibility index (Phi) is 6.12. The van der Waals surface area contributed by atoms with Crippen molar-refractivity contribution in [1.29, 1.82) is 0 Å². The van der Waals surface area contributed by atoms with Crippen molar-refractivity contribution in [2.75, 3.05) is 20.3 Å². The molecule has 2 saturated heterocycles. The lowest BCUT2D eigenvalue weighted by Gasteiger charge is -2.38. The first-order valence-electron chi connectivity index (χ1n) is 11.6. The van der Waals surface area contributed by atoms with Crippen LogP contribution < -0.4 is 9.47 Å². The second kappa shape index (κ2) is 9.33. The molecular formula is C26H30N2O4. The highest BCUT2D eigenvalue weighted by Gasteiger charge is 2.41. The summed E-state index contributed by atoms with van der Waals surface area (Å²) in [6.45, 7) is 1.70. The third-order valence-corrected chi connectivity index (χ3v) is 7.04. The molecule has 2 atom stereocenters. The van der Waals surface area contributed by atoms with Crippen LogP contribution in [0, 0.1) is 0 Å². The Bertz CT molecular complexity index is 1060. The van der Waals surface area contributed by atoms with E-state index < -0.39 is 0 Å². The minimum Gasteiger partial charge on any atom is -0.493 e. The molecule has 6 nitrogen and oxygen atoms in total. The summed E-state index contributed by atoms with van der Waals surface area (Å²) in [6, 6.07) is 15.1. The van der Waals surface area contributed by atoms with Crippen molar-refractivity contribution in [2.45, 2.75) is 56.5 Å². The van der Waals surface area contributed by atoms with Crippen molar-refractivity contribution in [3.05, 3.63) is 53.7 Å². The zero-order valence-corrected chi connectivity index (χ0v) is 18.5. The van der Waals surface area contributed by atoms with E-state index in [4.69, 9.17) is 14.0 Å². The van der Waals surface area contributed by atoms with Gasteiger partial charge in [-0.1, -0.05) is 23.4 Å². The number of hydrogen-bond acceptors (Lipinski definition) is 6. The summed E-state index contributed by atoms with van der Waals surface area (Å²) in [5.41, 5.74) is 2.97. The van der Waals surface area contributed by atoms with Crippen LogP contribution in [0.4, 0.5) is 0 Å². The fourth-order valence-corrected chi connectivity index (χ4v) is 5.55. The molecule has 2 bridgehead atoms. The van der Waals surface area contributed by atoms with Gasteiger partial charge in [0.2, 0.25) is 0 Å². The number of carbonyl (C=O) groups is 1. The average Bonchev–Trinajstić information content (AvgIpc) is 3.35. The Labute approximate surface area is 188 Å². The van der Waals surface area contributed by atoms with Crippen LogP contribution in [0.2, 0.25) is 0 Å². The SMILES string of the molecule is COc1cc(CC=O)ccc1OCCCN1C2CCC1CC(c1noc3ccccc13)C2. The molecule has 6 heteroatoms. The average molecular weight is 435 g/mol. The molecule has 2 aromatic carbocycles. The summed E-state index contributed by atoms with van der Waals surface area (Å²) >= 11 is 0. The van der Waals surface area contributed by atoms with Crippen LogP contribution in [0.25, 0.3) is 11.0 Å². The summed E-state index contributed by atoms with van der Waals surface area (Å²) in [4.78, 5) is 13.4. The fourth-order valence-electron chi connectivity index (χ4n) is 5.55. The van der Waals surface area contributed by atoms with Crippen molar-refractivity contribution in [3.8, 4) is 11.5 Å². The normalized spacial score (nSPS) is 22.8. The Balaban J connectivity index is 1.16. The van der Waals surface area contributed by atoms with Gasteiger partial charge in [0.15, 0.2) is 17.1 Å². The third-order valence-electron chi connectivity index (χ3n) is 7.04. The highest BCUT2D eigenvalue weighted by Crippen LogP contribution is 2.44. The van der Waals surface area contributed by atoms with Crippen LogP contribution in [0.15, 0.2) is 47.0 Å². The van der Waals surface area contributed by atoms with Crippen LogP contribution in [-0.4, -0.2) is 48.7 Å². The van der Waals surface area contributed by atoms with Gasteiger partial charge in [-0.25, -0.2) is 0 Å². The second-order valence-corrected chi connectivity index (χ2v) is 8.91. The zero-order valence-electron chi connectivity index (χ0n) is 18.5. The first kappa shape index (κ1) is 21.0. The van der Waals surface area contributed by atoms with E-state index >= 15 is 0 Å². The number of ether oxygens (including phenoxy) is 2. The predicted molar refractivity (Wildman–Crippen MR) is 122 cm³/mol. The van der Waals surface area contributed by atoms with E-state index in [0.717, 1.165) is 54.7 Å². The van der Waals surface area contributed by atoms with Crippen molar-refractivity contribution in [1.82, 2.24) is 10.1 Å². The van der Waals surface area contributed by atoms with Gasteiger partial charge in [-0.05, 0) is 61.9 Å². The number of rotatable bonds is 9. The molecule has 1 aromatic heterocycles. The number of aromatic nitrogens is 1. The lowest BCUT2D eigenvalue weighted by atomic mass is 9.87. The smallest absolute Gasteiger partial charge is 0.167 e. The van der Waals surface area contributed by atoms with Crippen molar-refractivity contribution in [3.63, 3.8) is 0 Å². The minimum atomic E-state index is 0.388. The van der Waals surface area contributed by atoms with Crippen molar-refractivity contribution < 1.29 is 18.8 Å². The Hall–Kier alpha value is -2.86. The number of hydrogen-bond donors (Lipinski definition) is 0. The zero-order chi connectivity index (χ0) is 21.9. The molecule has 0 saturated carbocycles. The van der Waals surface area contributed by atoms with E-state index in [-0.39, 0.29) is 0 Å². The summed E-state index contributed by atoms with van der Waals surface area (Å²) in [5, 5.41) is 5.61. The van der Waals surface area contributed by atoms with Gasteiger partial charge in [-0.3, -0.25) is 4.90 Å². The van der Waals surface area contributed by atoms with Crippen LogP contribution in [0.1, 0.15) is 49.3 Å². The van der Waals surface area contributed by atoms with E-state index in [1.165, 1.54) is 18.2 Å². The van der Waals surface area contributed by atoms with Crippen molar-refractivity contribution >= 4 is 17.3 Å². The first-order valence-corrected chi connectivity index (χ1v) is 11.6. The van der Waals surface area contributed by atoms with Crippen LogP contribution in [-0.2, 0) is 11.2 Å². The number of piperidine rings is 1. The maximum absolute atomic E-state index is 10.7. The monoisotopic (exact) mass is 434 g/mol. The molecule has 2 aliphatic rings. The van der Waals surface area contributed by atoms with E-state index in [0.29, 0.717) is 36.8 Å². The first-order chi connectivity index (χ1) is 15.8. The van der Waals surface area contributed by atoms with Gasteiger partial charge in [0.25, 0.3) is 0 Å². The molecule has 32 heavy (non-hydrogen) atoms. The molecule has 168 valence electrons. The van der Waals surface area contributed by atoms with E-state index in [1.807, 2.05) is 30.3 Å². The maximum Gasteiger partial charge on any atom is 0.167 e. The van der Waals surface area contributed by atoms with Gasteiger partial charge in [-0.2, -0.15) is 0 Å². The summed E-state index contributed by atoms with van der Waals surface area (Å²) in [5.74, 6) is 1.91. The second-order valence-electron chi connectivity index (χ2n) is 8.91. The molecule has 2 aliphatic heterocycles. The fraction of sp³-hybridized carbons (Fsp3) is 0.462. The van der Waals surface area contributed by atoms with Crippen molar-refractivity contribution in [2.24, 2.45) is 0 Å². The molecule has 0 radical (unpaired) electrons. The van der Waals surface area contributed by atoms with Gasteiger partial charge < -0.3 is 18.8 Å². The molecule has 0 N–H and O–H groups in total. The Morgan fingerprint density at radius 2 is 1.94 bits per heavy atom. The summed E-state index contributed by atoms with van der Waals surface area (Å²) in [6.07, 6.45) is 7.11. The number of methoxy groups -OCH3 is 1. The number of nitrogens with zero attached hydrogens (tertiary/aromatic N) is 2. The summed E-state index contributed by atoms with van der Waals surface area (Å²) < 4.78 is 17.0. The predicted octanol–water partition coefficient (Wildman–Crippen LogP) is 4.76. The molecule has 3 aromatic rings. The quantitative estimate of drug-likeness (QED) is 0.357. The van der Waals surface area contributed by atoms with E-state index in [1.54, 1.807) is 7.11 Å². The van der Waals surface area contributed by atoms with Gasteiger partial charge in [0, 0.05) is 36.4 Å². The number of aldehydes is 1. The third kappa shape index (κ3) is 4.11. The van der Waals surface area contributed by atoms with E-state index in [2.05, 4.69) is 22.2 Å². The van der Waals surface area contributed by atoms with Gasteiger partial charge in [-0.15, -0.1) is 0 Å². The topological polar surface area (TPSA) is 64.8 Å². The summed E-state index contributed by atoms with van der Waals surface area (Å²) in [7, 11) is 1.63. The standard InChI is InChI=1S/C26H30N2O4/c1-30-25-15-18(11-13-29)7-10-24(25)31-14-4-12-28-20-8-9-21(28)17-19(16-20)26-22-5-2-3-6-23(22)32-27-26/h2-3,5-7,10,13,15,19-21H,4,8-9,11-12,14,16-17H2,1H3. The lowest BCUT2D eigenvalue weighted by molar-refractivity contribution is -0.107. The maximum atomic E-state index is 10.7. The molecule has 0 amide bonds. The highest BCUT2D eigenvalue weighted by atomic mass is 16.5. The molecule has 3 heterocycles. The minimum absolute atomic E-state index is 0.388. The van der Waals surface area contributed by atoms with Crippen LogP contribution in [0.3, 0.4) is 0 Å². The number of fused-ring (bicyclic) bond motifs is 3. The number of carbonyl (C=O) groups excluding carboxylic acids is 1. The molecular weight excluding hydrogens is 404 g/mol. The van der Waals surface area contributed by atoms with Crippen LogP contribution in [0.5, 0.6) is 11.5 Å².